The first-order chi connectivity index (χ1) is 23.9. The molecule has 3 aromatic carbocycles. The van der Waals surface area contributed by atoms with Gasteiger partial charge in [0.25, 0.3) is 5.91 Å². The van der Waals surface area contributed by atoms with Gasteiger partial charge in [-0.2, -0.15) is 0 Å². The number of nitrogens with one attached hydrogen (secondary N) is 1. The van der Waals surface area contributed by atoms with E-state index in [-0.39, 0.29) is 60.6 Å². The molecule has 4 saturated heterocycles. The second-order valence-electron chi connectivity index (χ2n) is 15.0. The molecule has 2 bridgehead atoms. The number of carbonyl (C=O) groups is 4. The van der Waals surface area contributed by atoms with Crippen LogP contribution in [0.15, 0.2) is 66.4 Å². The van der Waals surface area contributed by atoms with Crippen molar-refractivity contribution in [2.24, 2.45) is 11.8 Å². The monoisotopic (exact) mass is 748 g/mol. The molecule has 6 aliphatic rings. The Kier molecular flexibility index (Phi) is 9.93. The van der Waals surface area contributed by atoms with E-state index in [1.165, 1.54) is 4.90 Å². The number of β-lactam (4-membered cyclic amide) rings is 1. The van der Waals surface area contributed by atoms with Crippen LogP contribution in [0.25, 0.3) is 16.7 Å². The van der Waals surface area contributed by atoms with E-state index in [9.17, 15) is 34.5 Å². The van der Waals surface area contributed by atoms with Crippen molar-refractivity contribution < 1.29 is 68.3 Å². The molecule has 0 unspecified atom stereocenters. The number of piperazine rings is 3. The highest BCUT2D eigenvalue weighted by Crippen LogP contribution is 2.51. The number of nitrogens with zero attached hydrogens (tertiary/aromatic N) is 3. The standard InChI is InChI=1S/C39H40N4O7.2ClH/c1-22-33(36(39(49)50)41-35(22)34(23(2)45)38(41)48)26-6-10-29-30(18-26)28-9-5-25(17-31(28)37(29)47)19-42-11-14-43(15-12-42,16-13-42)20-32(46)40-27-7-3-24(21-44)4-8-27;;/h3-10,17-18,22-23,34-35,44-45H,11-16,19-21H2,1-2H3;2*1H/t22-,23+,34+,35+,42?,43?;;/m0../s1. The van der Waals surface area contributed by atoms with Gasteiger partial charge in [-0.25, -0.2) is 4.79 Å². The van der Waals surface area contributed by atoms with Crippen LogP contribution in [0.1, 0.15) is 46.5 Å². The number of benzene rings is 3. The maximum Gasteiger partial charge on any atom is 0.352 e. The van der Waals surface area contributed by atoms with Gasteiger partial charge >= 0.3 is 5.97 Å². The second kappa shape index (κ2) is 13.7. The van der Waals surface area contributed by atoms with Crippen LogP contribution in [-0.4, -0.2) is 111 Å². The zero-order chi connectivity index (χ0) is 35.1. The summed E-state index contributed by atoms with van der Waals surface area (Å²) in [6, 6.07) is 18.4. The van der Waals surface area contributed by atoms with Crippen molar-refractivity contribution in [2.45, 2.75) is 39.1 Å². The van der Waals surface area contributed by atoms with Gasteiger partial charge in [0.2, 0.25) is 5.91 Å². The normalized spacial score (nSPS) is 27.2. The molecule has 0 spiro atoms. The van der Waals surface area contributed by atoms with Crippen LogP contribution >= 0.6 is 0 Å². The number of rotatable bonds is 9. The van der Waals surface area contributed by atoms with Crippen molar-refractivity contribution in [3.05, 3.63) is 94.2 Å². The van der Waals surface area contributed by atoms with Crippen LogP contribution in [0.3, 0.4) is 0 Å². The Bertz CT molecular complexity index is 1990. The molecule has 13 heteroatoms. The fourth-order valence-electron chi connectivity index (χ4n) is 9.35. The largest absolute Gasteiger partial charge is 1.00 e. The van der Waals surface area contributed by atoms with E-state index in [1.54, 1.807) is 19.1 Å². The maximum atomic E-state index is 13.7. The Labute approximate surface area is 314 Å². The van der Waals surface area contributed by atoms with Crippen molar-refractivity contribution in [1.29, 1.82) is 0 Å². The molecule has 52 heavy (non-hydrogen) atoms. The number of amides is 2. The first kappa shape index (κ1) is 37.7. The van der Waals surface area contributed by atoms with Crippen LogP contribution in [0.2, 0.25) is 0 Å². The van der Waals surface area contributed by atoms with E-state index in [4.69, 9.17) is 0 Å². The van der Waals surface area contributed by atoms with Gasteiger partial charge in [-0.05, 0) is 65.1 Å². The van der Waals surface area contributed by atoms with Gasteiger partial charge in [0.05, 0.1) is 24.7 Å². The van der Waals surface area contributed by atoms with E-state index in [2.05, 4.69) is 11.4 Å². The molecule has 9 rings (SSSR count). The van der Waals surface area contributed by atoms with Crippen LogP contribution in [0, 0.1) is 11.8 Å². The number of fused-ring (bicyclic) bond motifs is 7. The summed E-state index contributed by atoms with van der Waals surface area (Å²) in [5.41, 5.74) is 6.63. The van der Waals surface area contributed by atoms with Crippen molar-refractivity contribution in [3.63, 3.8) is 0 Å². The van der Waals surface area contributed by atoms with Crippen LogP contribution < -0.4 is 30.1 Å². The number of aliphatic hydroxyl groups is 2. The molecule has 1 aliphatic carbocycles. The molecular weight excluding hydrogens is 707 g/mol. The van der Waals surface area contributed by atoms with Crippen molar-refractivity contribution >= 4 is 34.8 Å². The summed E-state index contributed by atoms with van der Waals surface area (Å²) >= 11 is 0. The lowest BCUT2D eigenvalue weighted by molar-refractivity contribution is -1.08. The number of carboxylic acids is 1. The highest BCUT2D eigenvalue weighted by molar-refractivity contribution is 6.22. The predicted molar refractivity (Wildman–Crippen MR) is 184 cm³/mol. The predicted octanol–water partition coefficient (Wildman–Crippen LogP) is -3.15. The summed E-state index contributed by atoms with van der Waals surface area (Å²) in [4.78, 5) is 53.3. The average molecular weight is 750 g/mol. The summed E-state index contributed by atoms with van der Waals surface area (Å²) in [7, 11) is 0. The van der Waals surface area contributed by atoms with Gasteiger partial charge in [0.15, 0.2) is 12.3 Å². The number of halogens is 2. The van der Waals surface area contributed by atoms with Gasteiger partial charge in [-0.1, -0.05) is 37.3 Å². The quantitative estimate of drug-likeness (QED) is 0.105. The Morgan fingerprint density at radius 3 is 2.08 bits per heavy atom. The smallest absolute Gasteiger partial charge is 0.352 e. The number of quaternary nitrogens is 2. The summed E-state index contributed by atoms with van der Waals surface area (Å²) in [5.74, 6) is -2.54. The Morgan fingerprint density at radius 2 is 1.46 bits per heavy atom. The summed E-state index contributed by atoms with van der Waals surface area (Å²) in [5, 5.41) is 32.7. The SMILES string of the molecule is C[C@@H](O)[C@H]1C(=O)N2C(C(=O)O)=C(c3ccc4c(c3)-c3ccc(C[N+]56CC[N+](CC(=O)Nc7ccc(CO)cc7)(CC5)CC6)cc3C4=O)[C@H](C)[C@H]12.[Cl-].[Cl-]. The van der Waals surface area contributed by atoms with E-state index in [0.29, 0.717) is 28.8 Å². The highest BCUT2D eigenvalue weighted by Gasteiger charge is 2.60. The zero-order valence-corrected chi connectivity index (χ0v) is 30.5. The lowest BCUT2D eigenvalue weighted by atomic mass is 9.76. The number of hydrogen-bond acceptors (Lipinski definition) is 6. The maximum absolute atomic E-state index is 13.7. The minimum absolute atomic E-state index is 0. The minimum Gasteiger partial charge on any atom is -1.00 e. The third-order valence-corrected chi connectivity index (χ3v) is 12.1. The summed E-state index contributed by atoms with van der Waals surface area (Å²) in [6.45, 7) is 10.3. The fraction of sp³-hybridized carbons (Fsp3) is 0.385. The number of aliphatic hydroxyl groups excluding tert-OH is 2. The molecule has 3 aromatic rings. The van der Waals surface area contributed by atoms with Crippen molar-refractivity contribution in [1.82, 2.24) is 4.90 Å². The number of aliphatic carboxylic acids is 1. The van der Waals surface area contributed by atoms with Gasteiger partial charge < -0.3 is 59.3 Å². The highest BCUT2D eigenvalue weighted by atomic mass is 35.5. The Morgan fingerprint density at radius 1 is 0.846 bits per heavy atom. The number of hydrogen-bond donors (Lipinski definition) is 4. The third-order valence-electron chi connectivity index (χ3n) is 12.1. The number of carbonyl (C=O) groups excluding carboxylic acids is 3. The molecule has 0 radical (unpaired) electrons. The van der Waals surface area contributed by atoms with Crippen LogP contribution in [0.5, 0.6) is 0 Å². The van der Waals surface area contributed by atoms with Crippen LogP contribution in [0.4, 0.5) is 5.69 Å². The Hall–Kier alpha value is -4.10. The van der Waals surface area contributed by atoms with Gasteiger partial charge in [-0.3, -0.25) is 14.4 Å². The first-order valence-electron chi connectivity index (χ1n) is 17.4. The molecule has 4 atom stereocenters. The molecule has 4 fully saturated rings. The minimum atomic E-state index is -1.18. The van der Waals surface area contributed by atoms with E-state index in [0.717, 1.165) is 82.7 Å². The first-order valence-corrected chi connectivity index (χ1v) is 17.4. The van der Waals surface area contributed by atoms with E-state index in [1.807, 2.05) is 49.4 Å². The molecule has 0 saturated carbocycles. The molecule has 11 nitrogen and oxygen atoms in total. The lowest BCUT2D eigenvalue weighted by Crippen LogP contribution is -3.00. The zero-order valence-electron chi connectivity index (χ0n) is 29.0. The van der Waals surface area contributed by atoms with Gasteiger partial charge in [0, 0.05) is 28.3 Å². The van der Waals surface area contributed by atoms with Crippen molar-refractivity contribution in [3.8, 4) is 11.1 Å². The third kappa shape index (κ3) is 5.93. The topological polar surface area (TPSA) is 144 Å². The fourth-order valence-corrected chi connectivity index (χ4v) is 9.35. The molecule has 4 N–H and O–H groups in total. The molecule has 5 aliphatic heterocycles. The number of carboxylic acid groups (broad SMARTS) is 1. The molecule has 0 aromatic heterocycles. The van der Waals surface area contributed by atoms with Crippen LogP contribution in [-0.2, 0) is 27.5 Å². The molecule has 2 amide bonds. The van der Waals surface area contributed by atoms with E-state index < -0.39 is 24.0 Å². The second-order valence-corrected chi connectivity index (χ2v) is 15.0. The molecule has 274 valence electrons. The number of anilines is 1. The Balaban J connectivity index is 0.00000232. The summed E-state index contributed by atoms with van der Waals surface area (Å²) in [6.07, 6.45) is -0.879. The number of ketones is 1. The lowest BCUT2D eigenvalue weighted by Gasteiger charge is -2.55. The molecular formula is C39H42Cl2N4O7. The average Bonchev–Trinajstić information content (AvgIpc) is 3.52. The van der Waals surface area contributed by atoms with Crippen molar-refractivity contribution in [2.75, 3.05) is 51.1 Å². The van der Waals surface area contributed by atoms with Gasteiger partial charge in [-0.15, -0.1) is 0 Å². The van der Waals surface area contributed by atoms with Gasteiger partial charge in [0.1, 0.15) is 51.5 Å². The summed E-state index contributed by atoms with van der Waals surface area (Å²) < 4.78 is 1.72. The molecule has 5 heterocycles. The van der Waals surface area contributed by atoms with E-state index >= 15 is 0 Å².